The van der Waals surface area contributed by atoms with Crippen LogP contribution in [0.2, 0.25) is 5.02 Å². The Morgan fingerprint density at radius 1 is 1.23 bits per heavy atom. The van der Waals surface area contributed by atoms with Crippen molar-refractivity contribution in [1.82, 2.24) is 5.43 Å². The van der Waals surface area contributed by atoms with E-state index in [-0.39, 0.29) is 0 Å². The number of nitrogens with zero attached hydrogens (tertiary/aromatic N) is 1. The minimum Gasteiger partial charge on any atom is -0.394 e. The molecule has 0 aliphatic carbocycles. The molecule has 0 aromatic heterocycles. The van der Waals surface area contributed by atoms with Gasteiger partial charge in [0.15, 0.2) is 6.10 Å². The lowest BCUT2D eigenvalue weighted by atomic mass is 10.0. The number of rotatable bonds is 7. The Labute approximate surface area is 131 Å². The number of halogens is 1. The van der Waals surface area contributed by atoms with E-state index >= 15 is 0 Å². The van der Waals surface area contributed by atoms with Gasteiger partial charge in [-0.15, -0.1) is 0 Å². The molecule has 6 N–H and O–H groups in total. The Morgan fingerprint density at radius 2 is 1.86 bits per heavy atom. The second kappa shape index (κ2) is 8.79. The summed E-state index contributed by atoms with van der Waals surface area (Å²) in [5.74, 6) is -1.10. The summed E-state index contributed by atoms with van der Waals surface area (Å²) < 4.78 is 0. The van der Waals surface area contributed by atoms with Crippen LogP contribution in [0.25, 0.3) is 0 Å². The summed E-state index contributed by atoms with van der Waals surface area (Å²) in [4.78, 5) is 11.6. The zero-order valence-electron chi connectivity index (χ0n) is 11.4. The molecule has 0 fully saturated rings. The molecule has 122 valence electrons. The highest BCUT2D eigenvalue weighted by Crippen LogP contribution is 2.12. The maximum Gasteiger partial charge on any atom is 0.271 e. The predicted octanol–water partition coefficient (Wildman–Crippen LogP) is -1.77. The fourth-order valence-corrected chi connectivity index (χ4v) is 1.67. The Bertz CT molecular complexity index is 527. The normalized spacial score (nSPS) is 17.0. The summed E-state index contributed by atoms with van der Waals surface area (Å²) in [6.07, 6.45) is -6.38. The molecule has 0 saturated heterocycles. The molecular formula is C13H17ClN2O6. The Kier molecular flexibility index (Phi) is 7.39. The van der Waals surface area contributed by atoms with Gasteiger partial charge in [-0.1, -0.05) is 29.8 Å². The highest BCUT2D eigenvalue weighted by molar-refractivity contribution is 6.33. The largest absolute Gasteiger partial charge is 0.394 e. The Hall–Kier alpha value is -1.55. The molecular weight excluding hydrogens is 316 g/mol. The van der Waals surface area contributed by atoms with Gasteiger partial charge >= 0.3 is 0 Å². The van der Waals surface area contributed by atoms with Crippen LogP contribution >= 0.6 is 11.6 Å². The quantitative estimate of drug-likeness (QED) is 0.257. The molecule has 1 aromatic carbocycles. The number of benzene rings is 1. The van der Waals surface area contributed by atoms with Gasteiger partial charge in [-0.3, -0.25) is 4.79 Å². The van der Waals surface area contributed by atoms with E-state index in [1.165, 1.54) is 6.21 Å². The van der Waals surface area contributed by atoms with E-state index in [0.717, 1.165) is 0 Å². The number of aliphatic hydroxyl groups excluding tert-OH is 5. The topological polar surface area (TPSA) is 143 Å². The number of hydrazone groups is 1. The standard InChI is InChI=1S/C13H17ClN2O6/c14-8-4-2-1-3-7(8)5-15-16-13(22)12(21)11(20)10(19)9(18)6-17/h1-5,9-12,17-21H,6H2,(H,16,22)/b15-5+. The summed E-state index contributed by atoms with van der Waals surface area (Å²) in [7, 11) is 0. The van der Waals surface area contributed by atoms with E-state index in [0.29, 0.717) is 10.6 Å². The van der Waals surface area contributed by atoms with Crippen molar-refractivity contribution in [2.45, 2.75) is 24.4 Å². The maximum absolute atomic E-state index is 11.6. The van der Waals surface area contributed by atoms with Crippen LogP contribution in [0.5, 0.6) is 0 Å². The monoisotopic (exact) mass is 332 g/mol. The average molecular weight is 333 g/mol. The van der Waals surface area contributed by atoms with Gasteiger partial charge in [0, 0.05) is 10.6 Å². The van der Waals surface area contributed by atoms with Gasteiger partial charge in [0.2, 0.25) is 0 Å². The molecule has 0 spiro atoms. The SMILES string of the molecule is O=C(N/N=C/c1ccccc1Cl)C(O)C(O)C(O)C(O)CO. The first-order chi connectivity index (χ1) is 10.4. The minimum atomic E-state index is -2.04. The smallest absolute Gasteiger partial charge is 0.271 e. The summed E-state index contributed by atoms with van der Waals surface area (Å²) in [5, 5.41) is 50.2. The van der Waals surface area contributed by atoms with Gasteiger partial charge < -0.3 is 25.5 Å². The second-order valence-electron chi connectivity index (χ2n) is 4.43. The van der Waals surface area contributed by atoms with Crippen LogP contribution in [0.3, 0.4) is 0 Å². The van der Waals surface area contributed by atoms with E-state index in [2.05, 4.69) is 5.10 Å². The number of hydrogen-bond acceptors (Lipinski definition) is 7. The van der Waals surface area contributed by atoms with Crippen LogP contribution in [0.1, 0.15) is 5.56 Å². The molecule has 1 aromatic rings. The van der Waals surface area contributed by atoms with Crippen LogP contribution in [0.4, 0.5) is 0 Å². The lowest BCUT2D eigenvalue weighted by Crippen LogP contribution is -2.50. The van der Waals surface area contributed by atoms with Gasteiger partial charge in [-0.2, -0.15) is 5.10 Å². The number of hydrogen-bond donors (Lipinski definition) is 6. The minimum absolute atomic E-state index is 0.405. The van der Waals surface area contributed by atoms with E-state index in [1.807, 2.05) is 5.43 Å². The van der Waals surface area contributed by atoms with Crippen LogP contribution < -0.4 is 5.43 Å². The molecule has 0 radical (unpaired) electrons. The van der Waals surface area contributed by atoms with Crippen molar-refractivity contribution in [3.63, 3.8) is 0 Å². The summed E-state index contributed by atoms with van der Waals surface area (Å²) in [6.45, 7) is -0.836. The van der Waals surface area contributed by atoms with E-state index < -0.39 is 36.9 Å². The average Bonchev–Trinajstić information content (AvgIpc) is 2.53. The molecule has 1 amide bonds. The molecule has 4 unspecified atom stereocenters. The first-order valence-electron chi connectivity index (χ1n) is 6.29. The maximum atomic E-state index is 11.6. The molecule has 9 heteroatoms. The molecule has 4 atom stereocenters. The summed E-state index contributed by atoms with van der Waals surface area (Å²) in [5.41, 5.74) is 2.48. The van der Waals surface area contributed by atoms with Crippen molar-refractivity contribution in [3.05, 3.63) is 34.9 Å². The fraction of sp³-hybridized carbons (Fsp3) is 0.385. The highest BCUT2D eigenvalue weighted by Gasteiger charge is 2.34. The van der Waals surface area contributed by atoms with Gasteiger partial charge in [0.05, 0.1) is 12.8 Å². The molecule has 0 heterocycles. The zero-order valence-corrected chi connectivity index (χ0v) is 12.1. The lowest BCUT2D eigenvalue weighted by Gasteiger charge is -2.24. The van der Waals surface area contributed by atoms with Crippen molar-refractivity contribution in [3.8, 4) is 0 Å². The van der Waals surface area contributed by atoms with Gasteiger partial charge in [0.25, 0.3) is 5.91 Å². The lowest BCUT2D eigenvalue weighted by molar-refractivity contribution is -0.148. The number of carbonyl (C=O) groups is 1. The zero-order chi connectivity index (χ0) is 16.7. The number of aliphatic hydroxyl groups is 5. The number of amides is 1. The Morgan fingerprint density at radius 3 is 2.45 bits per heavy atom. The van der Waals surface area contributed by atoms with Crippen molar-refractivity contribution in [2.24, 2.45) is 5.10 Å². The predicted molar refractivity (Wildman–Crippen MR) is 78.3 cm³/mol. The van der Waals surface area contributed by atoms with E-state index in [9.17, 15) is 20.1 Å². The molecule has 0 aliphatic rings. The van der Waals surface area contributed by atoms with Crippen LogP contribution in [-0.2, 0) is 4.79 Å². The molecule has 0 saturated carbocycles. The molecule has 1 rings (SSSR count). The van der Waals surface area contributed by atoms with Gasteiger partial charge in [0.1, 0.15) is 18.3 Å². The highest BCUT2D eigenvalue weighted by atomic mass is 35.5. The van der Waals surface area contributed by atoms with Crippen LogP contribution in [0.15, 0.2) is 29.4 Å². The van der Waals surface area contributed by atoms with E-state index in [1.54, 1.807) is 24.3 Å². The third-order valence-corrected chi connectivity index (χ3v) is 3.15. The first kappa shape index (κ1) is 18.5. The molecule has 0 bridgehead atoms. The van der Waals surface area contributed by atoms with Gasteiger partial charge in [-0.25, -0.2) is 5.43 Å². The van der Waals surface area contributed by atoms with Crippen LogP contribution in [0, 0.1) is 0 Å². The Balaban J connectivity index is 2.59. The second-order valence-corrected chi connectivity index (χ2v) is 4.84. The molecule has 8 nitrogen and oxygen atoms in total. The fourth-order valence-electron chi connectivity index (χ4n) is 1.49. The first-order valence-corrected chi connectivity index (χ1v) is 6.66. The summed E-state index contributed by atoms with van der Waals surface area (Å²) in [6, 6.07) is 6.69. The number of carbonyl (C=O) groups excluding carboxylic acids is 1. The molecule has 22 heavy (non-hydrogen) atoms. The summed E-state index contributed by atoms with van der Waals surface area (Å²) >= 11 is 5.87. The van der Waals surface area contributed by atoms with Crippen molar-refractivity contribution in [1.29, 1.82) is 0 Å². The van der Waals surface area contributed by atoms with Crippen molar-refractivity contribution >= 4 is 23.7 Å². The van der Waals surface area contributed by atoms with Crippen molar-refractivity contribution < 1.29 is 30.3 Å². The van der Waals surface area contributed by atoms with Crippen molar-refractivity contribution in [2.75, 3.05) is 6.61 Å². The number of nitrogens with one attached hydrogen (secondary N) is 1. The van der Waals surface area contributed by atoms with Crippen LogP contribution in [-0.4, -0.2) is 68.7 Å². The third-order valence-electron chi connectivity index (χ3n) is 2.81. The molecule has 0 aliphatic heterocycles. The van der Waals surface area contributed by atoms with E-state index in [4.69, 9.17) is 21.8 Å². The third kappa shape index (κ3) is 5.02. The van der Waals surface area contributed by atoms with Gasteiger partial charge in [-0.05, 0) is 6.07 Å².